The Balaban J connectivity index is 1.66. The first-order valence-electron chi connectivity index (χ1n) is 8.94. The number of carbonyl (C=O) groups is 1. The molecule has 0 atom stereocenters. The quantitative estimate of drug-likeness (QED) is 0.705. The molecule has 2 aromatic carbocycles. The largest absolute Gasteiger partial charge is 0.348 e. The summed E-state index contributed by atoms with van der Waals surface area (Å²) in [5.41, 5.74) is 3.62. The van der Waals surface area contributed by atoms with Gasteiger partial charge in [-0.3, -0.25) is 4.79 Å². The van der Waals surface area contributed by atoms with Crippen molar-refractivity contribution in [3.63, 3.8) is 0 Å². The van der Waals surface area contributed by atoms with E-state index in [1.54, 1.807) is 0 Å². The van der Waals surface area contributed by atoms with E-state index in [4.69, 9.17) is 0 Å². The summed E-state index contributed by atoms with van der Waals surface area (Å²) in [6, 6.07) is 17.9. The van der Waals surface area contributed by atoms with Crippen LogP contribution in [0.1, 0.15) is 42.3 Å². The molecule has 138 valence electrons. The molecule has 0 saturated carbocycles. The molecule has 0 fully saturated rings. The SMILES string of the molecule is CC(C)(C)c1ccccc1Nc1ncc(C(=O)NCc2ccccc2)cn1. The monoisotopic (exact) mass is 360 g/mol. The summed E-state index contributed by atoms with van der Waals surface area (Å²) < 4.78 is 0. The number of anilines is 2. The molecule has 5 heteroatoms. The number of benzene rings is 2. The molecule has 0 spiro atoms. The smallest absolute Gasteiger partial charge is 0.254 e. The van der Waals surface area contributed by atoms with Gasteiger partial charge in [-0.05, 0) is 22.6 Å². The standard InChI is InChI=1S/C22H24N4O/c1-22(2,3)18-11-7-8-12-19(18)26-21-24-14-17(15-25-21)20(27)23-13-16-9-5-4-6-10-16/h4-12,14-15H,13H2,1-3H3,(H,23,27)(H,24,25,26). The van der Waals surface area contributed by atoms with Crippen molar-refractivity contribution in [2.45, 2.75) is 32.7 Å². The Hall–Kier alpha value is -3.21. The first kappa shape index (κ1) is 18.6. The van der Waals surface area contributed by atoms with Crippen LogP contribution in [0.2, 0.25) is 0 Å². The number of aromatic nitrogens is 2. The number of amides is 1. The third-order valence-corrected chi connectivity index (χ3v) is 4.19. The molecule has 0 radical (unpaired) electrons. The molecule has 0 saturated heterocycles. The molecule has 1 aromatic heterocycles. The van der Waals surface area contributed by atoms with Crippen molar-refractivity contribution in [2.24, 2.45) is 0 Å². The van der Waals surface area contributed by atoms with E-state index in [0.29, 0.717) is 18.1 Å². The summed E-state index contributed by atoms with van der Waals surface area (Å²) in [4.78, 5) is 20.8. The van der Waals surface area contributed by atoms with E-state index in [9.17, 15) is 4.79 Å². The van der Waals surface area contributed by atoms with E-state index in [-0.39, 0.29) is 11.3 Å². The van der Waals surface area contributed by atoms with Crippen molar-refractivity contribution in [1.29, 1.82) is 0 Å². The van der Waals surface area contributed by atoms with E-state index in [1.807, 2.05) is 48.5 Å². The third kappa shape index (κ3) is 4.91. The fraction of sp³-hybridized carbons (Fsp3) is 0.227. The minimum Gasteiger partial charge on any atom is -0.348 e. The third-order valence-electron chi connectivity index (χ3n) is 4.19. The summed E-state index contributed by atoms with van der Waals surface area (Å²) >= 11 is 0. The number of rotatable bonds is 5. The van der Waals surface area contributed by atoms with Gasteiger partial charge >= 0.3 is 0 Å². The van der Waals surface area contributed by atoms with Gasteiger partial charge in [0.25, 0.3) is 5.91 Å². The maximum absolute atomic E-state index is 12.3. The van der Waals surface area contributed by atoms with Crippen LogP contribution < -0.4 is 10.6 Å². The van der Waals surface area contributed by atoms with Crippen LogP contribution in [0.25, 0.3) is 0 Å². The molecule has 1 amide bonds. The van der Waals surface area contributed by atoms with Gasteiger partial charge in [-0.15, -0.1) is 0 Å². The zero-order valence-electron chi connectivity index (χ0n) is 15.9. The molecule has 0 bridgehead atoms. The Morgan fingerprint density at radius 1 is 0.926 bits per heavy atom. The van der Waals surface area contributed by atoms with E-state index >= 15 is 0 Å². The number of carbonyl (C=O) groups excluding carboxylic acids is 1. The van der Waals surface area contributed by atoms with Gasteiger partial charge in [0.05, 0.1) is 5.56 Å². The molecule has 0 aliphatic carbocycles. The zero-order chi connectivity index (χ0) is 19.3. The Bertz CT molecular complexity index is 900. The van der Waals surface area contributed by atoms with Crippen LogP contribution in [0.5, 0.6) is 0 Å². The van der Waals surface area contributed by atoms with Gasteiger partial charge in [0.2, 0.25) is 5.95 Å². The molecule has 1 heterocycles. The van der Waals surface area contributed by atoms with E-state index in [1.165, 1.54) is 18.0 Å². The predicted octanol–water partition coefficient (Wildman–Crippen LogP) is 4.45. The van der Waals surface area contributed by atoms with Gasteiger partial charge in [-0.1, -0.05) is 69.3 Å². The lowest BCUT2D eigenvalue weighted by molar-refractivity contribution is 0.0950. The highest BCUT2D eigenvalue weighted by Gasteiger charge is 2.18. The normalized spacial score (nSPS) is 11.1. The number of nitrogens with one attached hydrogen (secondary N) is 2. The van der Waals surface area contributed by atoms with E-state index < -0.39 is 0 Å². The highest BCUT2D eigenvalue weighted by atomic mass is 16.1. The van der Waals surface area contributed by atoms with Gasteiger partial charge < -0.3 is 10.6 Å². The molecule has 3 rings (SSSR count). The summed E-state index contributed by atoms with van der Waals surface area (Å²) in [5.74, 6) is 0.270. The van der Waals surface area contributed by atoms with Gasteiger partial charge in [-0.2, -0.15) is 0 Å². The molecule has 0 aliphatic rings. The lowest BCUT2D eigenvalue weighted by Gasteiger charge is -2.22. The highest BCUT2D eigenvalue weighted by Crippen LogP contribution is 2.30. The van der Waals surface area contributed by atoms with Gasteiger partial charge in [0, 0.05) is 24.6 Å². The van der Waals surface area contributed by atoms with Crippen LogP contribution in [0.15, 0.2) is 67.0 Å². The van der Waals surface area contributed by atoms with E-state index in [0.717, 1.165) is 11.3 Å². The first-order chi connectivity index (χ1) is 12.9. The summed E-state index contributed by atoms with van der Waals surface area (Å²) in [7, 11) is 0. The average molecular weight is 360 g/mol. The summed E-state index contributed by atoms with van der Waals surface area (Å²) in [6.07, 6.45) is 3.07. The van der Waals surface area contributed by atoms with Crippen LogP contribution in [-0.2, 0) is 12.0 Å². The van der Waals surface area contributed by atoms with Crippen LogP contribution in [0, 0.1) is 0 Å². The number of hydrogen-bond acceptors (Lipinski definition) is 4. The minimum absolute atomic E-state index is 0.000851. The van der Waals surface area contributed by atoms with Crippen LogP contribution in [-0.4, -0.2) is 15.9 Å². The van der Waals surface area contributed by atoms with Gasteiger partial charge in [0.1, 0.15) is 0 Å². The van der Waals surface area contributed by atoms with Gasteiger partial charge in [0.15, 0.2) is 0 Å². The number of para-hydroxylation sites is 1. The van der Waals surface area contributed by atoms with Crippen molar-refractivity contribution in [3.05, 3.63) is 83.7 Å². The highest BCUT2D eigenvalue weighted by molar-refractivity contribution is 5.93. The first-order valence-corrected chi connectivity index (χ1v) is 8.94. The van der Waals surface area contributed by atoms with Crippen molar-refractivity contribution in [2.75, 3.05) is 5.32 Å². The minimum atomic E-state index is -0.194. The number of hydrogen-bond donors (Lipinski definition) is 2. The van der Waals surface area contributed by atoms with Gasteiger partial charge in [-0.25, -0.2) is 9.97 Å². The fourth-order valence-electron chi connectivity index (χ4n) is 2.76. The number of nitrogens with zero attached hydrogens (tertiary/aromatic N) is 2. The molecule has 2 N–H and O–H groups in total. The molecular formula is C22H24N4O. The van der Waals surface area contributed by atoms with Crippen molar-refractivity contribution >= 4 is 17.5 Å². The lowest BCUT2D eigenvalue weighted by atomic mass is 9.86. The molecule has 0 aliphatic heterocycles. The Morgan fingerprint density at radius 3 is 2.22 bits per heavy atom. The maximum atomic E-state index is 12.3. The summed E-state index contributed by atoms with van der Waals surface area (Å²) in [5, 5.41) is 6.12. The van der Waals surface area contributed by atoms with E-state index in [2.05, 4.69) is 47.4 Å². The maximum Gasteiger partial charge on any atom is 0.254 e. The molecule has 27 heavy (non-hydrogen) atoms. The Morgan fingerprint density at radius 2 is 1.56 bits per heavy atom. The lowest BCUT2D eigenvalue weighted by Crippen LogP contribution is -2.23. The molecule has 0 unspecified atom stereocenters. The Kier molecular flexibility index (Phi) is 5.50. The predicted molar refractivity (Wildman–Crippen MR) is 108 cm³/mol. The average Bonchev–Trinajstić information content (AvgIpc) is 2.67. The second-order valence-electron chi connectivity index (χ2n) is 7.38. The fourth-order valence-corrected chi connectivity index (χ4v) is 2.76. The zero-order valence-corrected chi connectivity index (χ0v) is 15.9. The molecular weight excluding hydrogens is 336 g/mol. The topological polar surface area (TPSA) is 66.9 Å². The summed E-state index contributed by atoms with van der Waals surface area (Å²) in [6.45, 7) is 6.95. The Labute approximate surface area is 159 Å². The molecule has 5 nitrogen and oxygen atoms in total. The van der Waals surface area contributed by atoms with Crippen molar-refractivity contribution in [1.82, 2.24) is 15.3 Å². The molecule has 3 aromatic rings. The van der Waals surface area contributed by atoms with Crippen molar-refractivity contribution < 1.29 is 4.79 Å². The van der Waals surface area contributed by atoms with Crippen LogP contribution in [0.4, 0.5) is 11.6 Å². The van der Waals surface area contributed by atoms with Crippen LogP contribution in [0.3, 0.4) is 0 Å². The second kappa shape index (κ2) is 7.99. The second-order valence-corrected chi connectivity index (χ2v) is 7.38. The van der Waals surface area contributed by atoms with Crippen LogP contribution >= 0.6 is 0 Å². The van der Waals surface area contributed by atoms with Crippen molar-refractivity contribution in [3.8, 4) is 0 Å².